The Morgan fingerprint density at radius 2 is 0.824 bits per heavy atom. The van der Waals surface area contributed by atoms with Crippen molar-refractivity contribution >= 4 is 11.9 Å². The summed E-state index contributed by atoms with van der Waals surface area (Å²) in [5.74, 6) is 1.21. The number of alkyl halides is 2. The van der Waals surface area contributed by atoms with Crippen LogP contribution in [0.15, 0.2) is 18.7 Å². The van der Waals surface area contributed by atoms with E-state index in [4.69, 9.17) is 9.47 Å². The van der Waals surface area contributed by atoms with E-state index in [0.29, 0.717) is 43.9 Å². The fourth-order valence-electron chi connectivity index (χ4n) is 10.9. The molecule has 0 aromatic carbocycles. The number of hydrogen-bond donors (Lipinski definition) is 0. The predicted molar refractivity (Wildman–Crippen MR) is 317 cm³/mol. The summed E-state index contributed by atoms with van der Waals surface area (Å²) in [6.45, 7) is 16.2. The van der Waals surface area contributed by atoms with Crippen molar-refractivity contribution < 1.29 is 40.3 Å². The number of rotatable bonds is 60. The number of esters is 2. The van der Waals surface area contributed by atoms with Crippen LogP contribution in [0.3, 0.4) is 0 Å². The first-order chi connectivity index (χ1) is 36.5. The summed E-state index contributed by atoms with van der Waals surface area (Å²) in [7, 11) is 0. The third-order valence-corrected chi connectivity index (χ3v) is 19.3. The second-order valence-corrected chi connectivity index (χ2v) is 26.1. The second-order valence-electron chi connectivity index (χ2n) is 23.1. The first-order valence-corrected chi connectivity index (χ1v) is 36.1. The van der Waals surface area contributed by atoms with E-state index in [2.05, 4.69) is 55.3 Å². The summed E-state index contributed by atoms with van der Waals surface area (Å²) in [4.78, 5) is 32.9. The van der Waals surface area contributed by atoms with E-state index >= 15 is 0 Å². The van der Waals surface area contributed by atoms with Gasteiger partial charge in [0.1, 0.15) is 0 Å². The molecule has 0 aliphatic rings. The Labute approximate surface area is 472 Å². The molecule has 0 fully saturated rings. The van der Waals surface area contributed by atoms with Crippen LogP contribution in [-0.2, 0) is 25.6 Å². The van der Waals surface area contributed by atoms with Gasteiger partial charge >= 0.3 is 181 Å². The molecule has 0 aliphatic carbocycles. The van der Waals surface area contributed by atoms with Crippen molar-refractivity contribution in [1.29, 1.82) is 0 Å². The second kappa shape index (κ2) is 56.6. The SMILES string of the molecule is CCCCCCCCCCN(CCCn1ccnc1)C(CCCCCCCCC(=O)OCC(CCCCCC)CCCCCCCC)CCCCCCCCC(=O)OCC(CCCCCCCC)C[I-]CCCC. The predicted octanol–water partition coefficient (Wildman–Crippen LogP) is 17.0. The third-order valence-electron chi connectivity index (χ3n) is 15.9. The number of aromatic nitrogens is 2. The first kappa shape index (κ1) is 70.9. The third kappa shape index (κ3) is 46.9. The molecular formula is C66H127IN3O4-. The molecular weight excluding hydrogens is 1030 g/mol. The Kier molecular flexibility index (Phi) is 54.2. The molecule has 1 rings (SSSR count). The number of nitrogens with zero attached hydrogens (tertiary/aromatic N) is 3. The molecule has 0 amide bonds. The minimum atomic E-state index is 0.0328. The van der Waals surface area contributed by atoms with Gasteiger partial charge in [0.05, 0.1) is 12.9 Å². The van der Waals surface area contributed by atoms with Crippen LogP contribution in [0.4, 0.5) is 0 Å². The van der Waals surface area contributed by atoms with E-state index < -0.39 is 0 Å². The maximum absolute atomic E-state index is 12.8. The Bertz CT molecular complexity index is 1220. The van der Waals surface area contributed by atoms with Crippen molar-refractivity contribution in [3.8, 4) is 0 Å². The summed E-state index contributed by atoms with van der Waals surface area (Å²) >= 11 is 0.240. The normalized spacial score (nSPS) is 13.0. The molecule has 1 heterocycles. The standard InChI is InChI=1S/C66H127IN3O4/c1-6-11-16-20-23-28-35-43-55-70(56-44-54-69-57-53-68-61-69)64(48-39-31-24-26-33-41-50-65(71)73-59-62(45-36-19-14-9-4)46-37-29-21-17-12-7-2)49-40-32-25-27-34-42-51-66(72)74-60-63(58-67-52-15-10-5)47-38-30-22-18-13-8-3/h53,57,61-64H,6-52,54-56,58-60H2,1-5H3/q-1. The molecule has 1 aromatic heterocycles. The van der Waals surface area contributed by atoms with Gasteiger partial charge in [0.2, 0.25) is 0 Å². The van der Waals surface area contributed by atoms with E-state index in [1.807, 2.05) is 12.5 Å². The van der Waals surface area contributed by atoms with Gasteiger partial charge in [0.15, 0.2) is 0 Å². The summed E-state index contributed by atoms with van der Waals surface area (Å²) in [6, 6.07) is 0.655. The van der Waals surface area contributed by atoms with Crippen LogP contribution >= 0.6 is 0 Å². The molecule has 3 unspecified atom stereocenters. The van der Waals surface area contributed by atoms with Crippen LogP contribution in [0.2, 0.25) is 0 Å². The minimum absolute atomic E-state index is 0.0328. The van der Waals surface area contributed by atoms with Gasteiger partial charge in [-0.15, -0.1) is 0 Å². The quantitative estimate of drug-likeness (QED) is 0.0280. The molecule has 0 N–H and O–H groups in total. The number of imidazole rings is 1. The van der Waals surface area contributed by atoms with Gasteiger partial charge in [-0.1, -0.05) is 162 Å². The van der Waals surface area contributed by atoms with Crippen LogP contribution in [0, 0.1) is 11.8 Å². The van der Waals surface area contributed by atoms with E-state index in [1.165, 1.54) is 279 Å². The molecule has 0 saturated carbocycles. The van der Waals surface area contributed by atoms with Gasteiger partial charge in [-0.05, 0) is 57.4 Å². The molecule has 3 atom stereocenters. The number of unbranched alkanes of at least 4 members (excludes halogenated alkanes) is 31. The fourth-order valence-corrected chi connectivity index (χ4v) is 14.2. The van der Waals surface area contributed by atoms with Crippen molar-refractivity contribution in [1.82, 2.24) is 14.5 Å². The number of hydrogen-bond acceptors (Lipinski definition) is 6. The zero-order valence-electron chi connectivity index (χ0n) is 50.3. The number of aryl methyl sites for hydroxylation is 1. The Morgan fingerprint density at radius 1 is 0.446 bits per heavy atom. The number of carbonyl (C=O) groups is 2. The van der Waals surface area contributed by atoms with Gasteiger partial charge < -0.3 is 14.2 Å². The molecule has 438 valence electrons. The number of halogens is 1. The molecule has 0 aliphatic heterocycles. The van der Waals surface area contributed by atoms with Crippen molar-refractivity contribution in [3.05, 3.63) is 18.7 Å². The molecule has 0 radical (unpaired) electrons. The Balaban J connectivity index is 2.62. The zero-order chi connectivity index (χ0) is 53.5. The van der Waals surface area contributed by atoms with Crippen LogP contribution < -0.4 is 21.2 Å². The van der Waals surface area contributed by atoms with Crippen molar-refractivity contribution in [3.63, 3.8) is 0 Å². The van der Waals surface area contributed by atoms with E-state index in [-0.39, 0.29) is 33.1 Å². The summed E-state index contributed by atoms with van der Waals surface area (Å²) in [5, 5.41) is 0. The topological polar surface area (TPSA) is 73.7 Å². The van der Waals surface area contributed by atoms with E-state index in [1.54, 1.807) is 0 Å². The van der Waals surface area contributed by atoms with Gasteiger partial charge in [0.25, 0.3) is 0 Å². The van der Waals surface area contributed by atoms with Gasteiger partial charge in [-0.25, -0.2) is 4.98 Å². The van der Waals surface area contributed by atoms with Crippen molar-refractivity contribution in [2.75, 3.05) is 35.2 Å². The summed E-state index contributed by atoms with van der Waals surface area (Å²) in [6.07, 6.45) is 63.8. The average Bonchev–Trinajstić information content (AvgIpc) is 3.93. The van der Waals surface area contributed by atoms with Gasteiger partial charge in [0, 0.05) is 37.9 Å². The van der Waals surface area contributed by atoms with Crippen LogP contribution in [0.25, 0.3) is 0 Å². The zero-order valence-corrected chi connectivity index (χ0v) is 52.5. The van der Waals surface area contributed by atoms with Gasteiger partial charge in [-0.2, -0.15) is 0 Å². The van der Waals surface area contributed by atoms with E-state index in [9.17, 15) is 9.59 Å². The number of carbonyl (C=O) groups excluding carboxylic acids is 2. The summed E-state index contributed by atoms with van der Waals surface area (Å²) in [5.41, 5.74) is 0. The molecule has 0 spiro atoms. The summed E-state index contributed by atoms with van der Waals surface area (Å²) < 4.78 is 16.8. The van der Waals surface area contributed by atoms with Gasteiger partial charge in [-0.3, -0.25) is 4.79 Å². The first-order valence-electron chi connectivity index (χ1n) is 33.0. The molecule has 0 bridgehead atoms. The number of ether oxygens (including phenoxy) is 2. The van der Waals surface area contributed by atoms with E-state index in [0.717, 1.165) is 32.2 Å². The van der Waals surface area contributed by atoms with Crippen LogP contribution in [0.5, 0.6) is 0 Å². The molecule has 8 heteroatoms. The average molecular weight is 1150 g/mol. The Hall–Kier alpha value is -1.16. The van der Waals surface area contributed by atoms with Crippen LogP contribution in [-0.4, -0.2) is 67.6 Å². The molecule has 7 nitrogen and oxygen atoms in total. The monoisotopic (exact) mass is 1150 g/mol. The molecule has 74 heavy (non-hydrogen) atoms. The molecule has 0 saturated heterocycles. The molecule has 1 aromatic rings. The van der Waals surface area contributed by atoms with Crippen molar-refractivity contribution in [2.45, 2.75) is 343 Å². The van der Waals surface area contributed by atoms with Crippen molar-refractivity contribution in [2.24, 2.45) is 11.8 Å². The van der Waals surface area contributed by atoms with Crippen LogP contribution in [0.1, 0.15) is 330 Å². The Morgan fingerprint density at radius 3 is 1.28 bits per heavy atom. The maximum atomic E-state index is 12.8. The fraction of sp³-hybridized carbons (Fsp3) is 0.924.